The summed E-state index contributed by atoms with van der Waals surface area (Å²) < 4.78 is 35.2. The van der Waals surface area contributed by atoms with Crippen LogP contribution < -0.4 is 21.5 Å². The van der Waals surface area contributed by atoms with Crippen LogP contribution in [-0.2, 0) is 6.54 Å². The van der Waals surface area contributed by atoms with Crippen LogP contribution in [0.5, 0.6) is 5.75 Å². The molecule has 1 aliphatic rings. The molecule has 4 rings (SSSR count). The second kappa shape index (κ2) is 9.50. The Morgan fingerprint density at radius 3 is 2.56 bits per heavy atom. The van der Waals surface area contributed by atoms with E-state index in [-0.39, 0.29) is 46.5 Å². The summed E-state index contributed by atoms with van der Waals surface area (Å²) in [6.45, 7) is -0.147. The fourth-order valence-corrected chi connectivity index (χ4v) is 4.29. The Kier molecular flexibility index (Phi) is 6.49. The zero-order chi connectivity index (χ0) is 24.4. The molecule has 0 atom stereocenters. The lowest BCUT2D eigenvalue weighted by molar-refractivity contribution is 0.0945. The summed E-state index contributed by atoms with van der Waals surface area (Å²) in [4.78, 5) is 24.6. The summed E-state index contributed by atoms with van der Waals surface area (Å²) in [6, 6.07) is 7.92. The molecule has 0 radical (unpaired) electrons. The van der Waals surface area contributed by atoms with Gasteiger partial charge in [0.1, 0.15) is 34.5 Å². The van der Waals surface area contributed by atoms with Crippen LogP contribution in [0.4, 0.5) is 14.6 Å². The van der Waals surface area contributed by atoms with Crippen LogP contribution >= 0.6 is 0 Å². The lowest BCUT2D eigenvalue weighted by Crippen LogP contribution is -2.24. The maximum absolute atomic E-state index is 14.9. The van der Waals surface area contributed by atoms with Crippen LogP contribution in [0.3, 0.4) is 0 Å². The van der Waals surface area contributed by atoms with Gasteiger partial charge in [0.2, 0.25) is 0 Å². The second-order valence-electron chi connectivity index (χ2n) is 8.19. The van der Waals surface area contributed by atoms with Crippen molar-refractivity contribution in [1.82, 2.24) is 15.1 Å². The van der Waals surface area contributed by atoms with Crippen molar-refractivity contribution in [3.8, 4) is 17.0 Å². The Morgan fingerprint density at radius 2 is 1.91 bits per heavy atom. The van der Waals surface area contributed by atoms with Crippen molar-refractivity contribution < 1.29 is 23.1 Å². The number of nitrogens with zero attached hydrogens (tertiary/aromatic N) is 2. The summed E-state index contributed by atoms with van der Waals surface area (Å²) >= 11 is 0. The van der Waals surface area contributed by atoms with Crippen LogP contribution in [0.25, 0.3) is 11.3 Å². The third-order valence-electron chi connectivity index (χ3n) is 6.04. The maximum Gasteiger partial charge on any atom is 0.255 e. The number of nitrogen functional groups attached to an aromatic ring is 1. The molecule has 1 aliphatic carbocycles. The predicted octanol–water partition coefficient (Wildman–Crippen LogP) is 3.56. The number of ether oxygens (including phenoxy) is 1. The lowest BCUT2D eigenvalue weighted by Gasteiger charge is -2.11. The van der Waals surface area contributed by atoms with Gasteiger partial charge in [0, 0.05) is 17.7 Å². The van der Waals surface area contributed by atoms with Crippen molar-refractivity contribution in [3.63, 3.8) is 0 Å². The minimum absolute atomic E-state index is 0.00134. The Bertz CT molecular complexity index is 1250. The first kappa shape index (κ1) is 23.2. The predicted molar refractivity (Wildman–Crippen MR) is 122 cm³/mol. The number of hydrogen-bond donors (Lipinski definition) is 3. The van der Waals surface area contributed by atoms with Gasteiger partial charge in [0.05, 0.1) is 18.7 Å². The fraction of sp³-hybridized carbons (Fsp3) is 0.292. The van der Waals surface area contributed by atoms with Crippen molar-refractivity contribution in [2.75, 3.05) is 12.8 Å². The minimum Gasteiger partial charge on any atom is -0.496 e. The molecule has 3 aromatic rings. The molecule has 10 heteroatoms. The highest BCUT2D eigenvalue weighted by atomic mass is 19.1. The van der Waals surface area contributed by atoms with Gasteiger partial charge in [-0.1, -0.05) is 25.0 Å². The molecule has 0 spiro atoms. The van der Waals surface area contributed by atoms with Gasteiger partial charge >= 0.3 is 0 Å². The Hall–Kier alpha value is -3.95. The highest BCUT2D eigenvalue weighted by Gasteiger charge is 2.27. The number of anilines is 1. The van der Waals surface area contributed by atoms with Crippen LogP contribution in [0.2, 0.25) is 0 Å². The van der Waals surface area contributed by atoms with Gasteiger partial charge in [-0.25, -0.2) is 13.5 Å². The van der Waals surface area contributed by atoms with Crippen LogP contribution in [0, 0.1) is 11.6 Å². The highest BCUT2D eigenvalue weighted by Crippen LogP contribution is 2.35. The number of aromatic nitrogens is 2. The molecule has 0 saturated heterocycles. The molecule has 5 N–H and O–H groups in total. The molecule has 0 aliphatic heterocycles. The smallest absolute Gasteiger partial charge is 0.255 e. The number of nitrogens with one attached hydrogen (secondary N) is 1. The van der Waals surface area contributed by atoms with Gasteiger partial charge in [-0.05, 0) is 37.1 Å². The monoisotopic (exact) mass is 469 g/mol. The van der Waals surface area contributed by atoms with Gasteiger partial charge in [0.15, 0.2) is 0 Å². The van der Waals surface area contributed by atoms with Crippen molar-refractivity contribution in [2.24, 2.45) is 5.73 Å². The molecule has 34 heavy (non-hydrogen) atoms. The van der Waals surface area contributed by atoms with E-state index in [9.17, 15) is 18.4 Å². The van der Waals surface area contributed by atoms with E-state index in [0.717, 1.165) is 31.7 Å². The SMILES string of the molecule is COc1ccc(F)cc1C(=O)NCc1ccc(-c2nn(C3CCCC3)c(N)c2C(N)=O)cc1F. The Labute approximate surface area is 194 Å². The van der Waals surface area contributed by atoms with E-state index in [1.807, 2.05) is 0 Å². The van der Waals surface area contributed by atoms with Crippen molar-refractivity contribution in [2.45, 2.75) is 38.3 Å². The first-order chi connectivity index (χ1) is 16.3. The number of carbonyl (C=O) groups is 2. The molecular weight excluding hydrogens is 444 g/mol. The summed E-state index contributed by atoms with van der Waals surface area (Å²) in [5.74, 6) is -2.19. The van der Waals surface area contributed by atoms with Gasteiger partial charge in [-0.2, -0.15) is 5.10 Å². The fourth-order valence-electron chi connectivity index (χ4n) is 4.29. The molecule has 178 valence electrons. The molecular formula is C24H25F2N5O3. The van der Waals surface area contributed by atoms with E-state index >= 15 is 0 Å². The zero-order valence-electron chi connectivity index (χ0n) is 18.6. The van der Waals surface area contributed by atoms with Crippen LogP contribution in [0.1, 0.15) is 58.0 Å². The molecule has 1 saturated carbocycles. The largest absolute Gasteiger partial charge is 0.496 e. The third kappa shape index (κ3) is 4.43. The standard InChI is InChI=1S/C24H25F2N5O3/c1-34-19-9-8-15(25)11-17(19)24(33)29-12-14-7-6-13(10-18(14)26)21-20(23(28)32)22(27)31(30-21)16-4-2-3-5-16/h6-11,16H,2-5,12,27H2,1H3,(H2,28,32)(H,29,33). The van der Waals surface area contributed by atoms with E-state index in [1.54, 1.807) is 10.7 Å². The molecule has 1 aromatic heterocycles. The van der Waals surface area contributed by atoms with Gasteiger partial charge in [0.25, 0.3) is 11.8 Å². The number of carbonyl (C=O) groups excluding carboxylic acids is 2. The van der Waals surface area contributed by atoms with E-state index < -0.39 is 23.4 Å². The lowest BCUT2D eigenvalue weighted by atomic mass is 10.0. The Balaban J connectivity index is 1.57. The second-order valence-corrected chi connectivity index (χ2v) is 8.19. The van der Waals surface area contributed by atoms with E-state index in [2.05, 4.69) is 10.4 Å². The summed E-state index contributed by atoms with van der Waals surface area (Å²) in [5.41, 5.74) is 12.5. The number of benzene rings is 2. The normalized spacial score (nSPS) is 13.7. The number of halogens is 2. The Morgan fingerprint density at radius 1 is 1.18 bits per heavy atom. The first-order valence-corrected chi connectivity index (χ1v) is 10.9. The van der Waals surface area contributed by atoms with E-state index in [0.29, 0.717) is 5.56 Å². The number of nitrogens with two attached hydrogens (primary N) is 2. The quantitative estimate of drug-likeness (QED) is 0.488. The molecule has 1 heterocycles. The first-order valence-electron chi connectivity index (χ1n) is 10.9. The molecule has 8 nitrogen and oxygen atoms in total. The number of rotatable bonds is 7. The van der Waals surface area contributed by atoms with Crippen LogP contribution in [-0.4, -0.2) is 28.7 Å². The zero-order valence-corrected chi connectivity index (χ0v) is 18.6. The summed E-state index contributed by atoms with van der Waals surface area (Å²) in [6.07, 6.45) is 3.88. The molecule has 2 aromatic carbocycles. The number of primary amides is 1. The van der Waals surface area contributed by atoms with E-state index in [1.165, 1.54) is 31.4 Å². The highest BCUT2D eigenvalue weighted by molar-refractivity contribution is 6.03. The van der Waals surface area contributed by atoms with Gasteiger partial charge in [-0.15, -0.1) is 0 Å². The average molecular weight is 469 g/mol. The third-order valence-corrected chi connectivity index (χ3v) is 6.04. The summed E-state index contributed by atoms with van der Waals surface area (Å²) in [7, 11) is 1.36. The van der Waals surface area contributed by atoms with E-state index in [4.69, 9.17) is 16.2 Å². The van der Waals surface area contributed by atoms with Crippen molar-refractivity contribution in [3.05, 3.63) is 64.7 Å². The minimum atomic E-state index is -0.738. The molecule has 1 fully saturated rings. The molecule has 2 amide bonds. The maximum atomic E-state index is 14.9. The number of amides is 2. The van der Waals surface area contributed by atoms with Gasteiger partial charge < -0.3 is 21.5 Å². The van der Waals surface area contributed by atoms with Crippen LogP contribution in [0.15, 0.2) is 36.4 Å². The number of methoxy groups -OCH3 is 1. The van der Waals surface area contributed by atoms with Crippen molar-refractivity contribution >= 4 is 17.6 Å². The van der Waals surface area contributed by atoms with Crippen molar-refractivity contribution in [1.29, 1.82) is 0 Å². The molecule has 0 bridgehead atoms. The van der Waals surface area contributed by atoms with Gasteiger partial charge in [-0.3, -0.25) is 9.59 Å². The summed E-state index contributed by atoms with van der Waals surface area (Å²) in [5, 5.41) is 7.06. The topological polar surface area (TPSA) is 125 Å². The average Bonchev–Trinajstić information content (AvgIpc) is 3.45. The number of hydrogen-bond acceptors (Lipinski definition) is 5. The molecule has 0 unspecified atom stereocenters.